The number of thioether (sulfide) groups is 1. The lowest BCUT2D eigenvalue weighted by Crippen LogP contribution is -2.50. The van der Waals surface area contributed by atoms with Crippen molar-refractivity contribution >= 4 is 17.7 Å². The van der Waals surface area contributed by atoms with Gasteiger partial charge in [0.2, 0.25) is 0 Å². The molecule has 0 aliphatic rings. The molecule has 0 radical (unpaired) electrons. The number of hydrogen-bond acceptors (Lipinski definition) is 6. The first kappa shape index (κ1) is 15.5. The largest absolute Gasteiger partial charge is 0.467 e. The van der Waals surface area contributed by atoms with Crippen LogP contribution in [-0.4, -0.2) is 35.8 Å². The number of carbonyl (C=O) groups excluding carboxylic acids is 1. The Balaban J connectivity index is 2.30. The van der Waals surface area contributed by atoms with Crippen molar-refractivity contribution < 1.29 is 9.53 Å². The van der Waals surface area contributed by atoms with Crippen molar-refractivity contribution in [3.63, 3.8) is 0 Å². The molecule has 1 heterocycles. The minimum Gasteiger partial charge on any atom is -0.467 e. The van der Waals surface area contributed by atoms with Gasteiger partial charge in [0.15, 0.2) is 10.7 Å². The number of benzene rings is 1. The quantitative estimate of drug-likeness (QED) is 0.499. The van der Waals surface area contributed by atoms with E-state index in [-0.39, 0.29) is 5.97 Å². The van der Waals surface area contributed by atoms with E-state index in [0.29, 0.717) is 10.9 Å². The second kappa shape index (κ2) is 7.19. The molecule has 110 valence electrons. The summed E-state index contributed by atoms with van der Waals surface area (Å²) >= 11 is 1.40. The number of ether oxygens (including phenoxy) is 1. The number of carbonyl (C=O) groups is 1. The zero-order valence-corrected chi connectivity index (χ0v) is 12.8. The summed E-state index contributed by atoms with van der Waals surface area (Å²) in [5.41, 5.74) is -0.0809. The summed E-state index contributed by atoms with van der Waals surface area (Å²) in [6, 6.07) is 11.3. The van der Waals surface area contributed by atoms with Crippen LogP contribution in [0, 0.1) is 0 Å². The highest BCUT2D eigenvalue weighted by Gasteiger charge is 2.40. The van der Waals surface area contributed by atoms with Crippen LogP contribution in [0.15, 0.2) is 53.9 Å². The molecule has 0 fully saturated rings. The maximum Gasteiger partial charge on any atom is 0.331 e. The summed E-state index contributed by atoms with van der Waals surface area (Å²) < 4.78 is 4.99. The van der Waals surface area contributed by atoms with Gasteiger partial charge in [-0.15, -0.1) is 0 Å². The fourth-order valence-corrected chi connectivity index (χ4v) is 3.05. The van der Waals surface area contributed by atoms with E-state index in [0.717, 1.165) is 5.56 Å². The van der Waals surface area contributed by atoms with Crippen LogP contribution < -0.4 is 5.32 Å². The fraction of sp³-hybridized carbons (Fsp3) is 0.267. The van der Waals surface area contributed by atoms with Crippen LogP contribution >= 0.6 is 11.8 Å². The smallest absolute Gasteiger partial charge is 0.331 e. The van der Waals surface area contributed by atoms with Crippen molar-refractivity contribution in [2.45, 2.75) is 10.7 Å². The third-order valence-electron chi connectivity index (χ3n) is 3.19. The first-order valence-corrected chi connectivity index (χ1v) is 7.44. The van der Waals surface area contributed by atoms with Gasteiger partial charge in [0.05, 0.1) is 7.11 Å². The van der Waals surface area contributed by atoms with E-state index in [1.165, 1.54) is 18.9 Å². The van der Waals surface area contributed by atoms with E-state index in [1.807, 2.05) is 30.3 Å². The Morgan fingerprint density at radius 2 is 1.90 bits per heavy atom. The molecule has 1 atom stereocenters. The van der Waals surface area contributed by atoms with Crippen LogP contribution in [0.3, 0.4) is 0 Å². The minimum absolute atomic E-state index is 0.334. The van der Waals surface area contributed by atoms with Gasteiger partial charge in [-0.25, -0.2) is 14.8 Å². The summed E-state index contributed by atoms with van der Waals surface area (Å²) in [7, 11) is 3.14. The molecule has 0 aliphatic carbocycles. The second-order valence-electron chi connectivity index (χ2n) is 4.33. The van der Waals surface area contributed by atoms with E-state index >= 15 is 0 Å². The van der Waals surface area contributed by atoms with Crippen molar-refractivity contribution in [2.75, 3.05) is 19.9 Å². The Kier molecular flexibility index (Phi) is 5.30. The molecule has 0 bridgehead atoms. The van der Waals surface area contributed by atoms with Gasteiger partial charge in [0.1, 0.15) is 0 Å². The van der Waals surface area contributed by atoms with Crippen LogP contribution in [0.25, 0.3) is 0 Å². The van der Waals surface area contributed by atoms with Gasteiger partial charge in [0.25, 0.3) is 0 Å². The highest BCUT2D eigenvalue weighted by Crippen LogP contribution is 2.29. The van der Waals surface area contributed by atoms with Crippen molar-refractivity contribution in [2.24, 2.45) is 0 Å². The molecule has 0 amide bonds. The highest BCUT2D eigenvalue weighted by molar-refractivity contribution is 7.99. The Labute approximate surface area is 128 Å². The number of hydrogen-bond donors (Lipinski definition) is 1. The Morgan fingerprint density at radius 3 is 2.48 bits per heavy atom. The predicted octanol–water partition coefficient (Wildman–Crippen LogP) is 1.86. The maximum atomic E-state index is 12.3. The van der Waals surface area contributed by atoms with Crippen molar-refractivity contribution in [1.29, 1.82) is 0 Å². The van der Waals surface area contributed by atoms with Crippen LogP contribution in [0.4, 0.5) is 0 Å². The van der Waals surface area contributed by atoms with Crippen molar-refractivity contribution in [3.05, 3.63) is 54.4 Å². The first-order chi connectivity index (χ1) is 10.2. The Hall–Kier alpha value is -1.92. The Bertz CT molecular complexity index is 580. The van der Waals surface area contributed by atoms with Gasteiger partial charge < -0.3 is 10.1 Å². The van der Waals surface area contributed by atoms with Crippen LogP contribution in [0.2, 0.25) is 0 Å². The van der Waals surface area contributed by atoms with Gasteiger partial charge >= 0.3 is 5.97 Å². The van der Waals surface area contributed by atoms with Gasteiger partial charge in [-0.2, -0.15) is 0 Å². The summed E-state index contributed by atoms with van der Waals surface area (Å²) in [4.78, 5) is 20.7. The average Bonchev–Trinajstić information content (AvgIpc) is 2.57. The monoisotopic (exact) mass is 303 g/mol. The van der Waals surface area contributed by atoms with Gasteiger partial charge in [-0.3, -0.25) is 0 Å². The number of nitrogens with one attached hydrogen (secondary N) is 1. The van der Waals surface area contributed by atoms with Gasteiger partial charge in [-0.05, 0) is 18.7 Å². The number of esters is 1. The molecule has 0 spiro atoms. The number of aromatic nitrogens is 2. The summed E-state index contributed by atoms with van der Waals surface area (Å²) in [6.07, 6.45) is 3.36. The van der Waals surface area contributed by atoms with Gasteiger partial charge in [0, 0.05) is 18.1 Å². The molecule has 0 aliphatic heterocycles. The van der Waals surface area contributed by atoms with Gasteiger partial charge in [-0.1, -0.05) is 42.1 Å². The maximum absolute atomic E-state index is 12.3. The molecule has 5 nitrogen and oxygen atoms in total. The van der Waals surface area contributed by atoms with Crippen LogP contribution in [0.1, 0.15) is 5.56 Å². The molecule has 2 rings (SSSR count). The SMILES string of the molecule is CNC(CSc1ncccn1)(C(=O)OC)c1ccccc1. The lowest BCUT2D eigenvalue weighted by molar-refractivity contribution is -0.147. The van der Waals surface area contributed by atoms with E-state index in [2.05, 4.69) is 15.3 Å². The fourth-order valence-electron chi connectivity index (χ4n) is 2.01. The molecule has 0 saturated heterocycles. The summed E-state index contributed by atoms with van der Waals surface area (Å²) in [6.45, 7) is 0. The molecule has 2 aromatic rings. The molecular weight excluding hydrogens is 286 g/mol. The van der Waals surface area contributed by atoms with Crippen molar-refractivity contribution in [3.8, 4) is 0 Å². The second-order valence-corrected chi connectivity index (χ2v) is 5.28. The molecule has 1 aromatic carbocycles. The normalized spacial score (nSPS) is 13.4. The molecule has 0 saturated carbocycles. The molecule has 1 unspecified atom stereocenters. The molecular formula is C15H17N3O2S. The molecule has 1 N–H and O–H groups in total. The number of nitrogens with zero attached hydrogens (tertiary/aromatic N) is 2. The van der Waals surface area contributed by atoms with E-state index in [9.17, 15) is 4.79 Å². The Morgan fingerprint density at radius 1 is 1.24 bits per heavy atom. The molecule has 1 aromatic heterocycles. The van der Waals surface area contributed by atoms with Crippen LogP contribution in [-0.2, 0) is 15.1 Å². The average molecular weight is 303 g/mol. The highest BCUT2D eigenvalue weighted by atomic mass is 32.2. The van der Waals surface area contributed by atoms with E-state index < -0.39 is 5.54 Å². The standard InChI is InChI=1S/C15H17N3O2S/c1-16-15(13(19)20-2,12-7-4-3-5-8-12)11-21-14-17-9-6-10-18-14/h3-10,16H,11H2,1-2H3. The number of likely N-dealkylation sites (N-methyl/N-ethyl adjacent to an activating group) is 1. The number of methoxy groups -OCH3 is 1. The lowest BCUT2D eigenvalue weighted by atomic mass is 9.92. The third-order valence-corrected chi connectivity index (χ3v) is 4.23. The lowest BCUT2D eigenvalue weighted by Gasteiger charge is -2.30. The molecule has 21 heavy (non-hydrogen) atoms. The summed E-state index contributed by atoms with van der Waals surface area (Å²) in [5.74, 6) is 0.101. The van der Waals surface area contributed by atoms with Crippen LogP contribution in [0.5, 0.6) is 0 Å². The first-order valence-electron chi connectivity index (χ1n) is 6.45. The van der Waals surface area contributed by atoms with E-state index in [4.69, 9.17) is 4.74 Å². The van der Waals surface area contributed by atoms with Crippen molar-refractivity contribution in [1.82, 2.24) is 15.3 Å². The number of rotatable bonds is 6. The zero-order chi connectivity index (χ0) is 15.1. The molecule has 6 heteroatoms. The van der Waals surface area contributed by atoms with E-state index in [1.54, 1.807) is 25.5 Å². The minimum atomic E-state index is -0.931. The third kappa shape index (κ3) is 3.40. The zero-order valence-electron chi connectivity index (χ0n) is 11.9. The topological polar surface area (TPSA) is 64.1 Å². The predicted molar refractivity (Wildman–Crippen MR) is 82.0 cm³/mol. The summed E-state index contributed by atoms with van der Waals surface area (Å²) in [5, 5.41) is 3.72.